The minimum atomic E-state index is -1.06. The number of nitrogens with two attached hydrogens (primary N) is 1. The Morgan fingerprint density at radius 1 is 0.490 bits per heavy atom. The number of hydrogen-bond donors (Lipinski definition) is 9. The molecule has 98 heavy (non-hydrogen) atoms. The largest absolute Gasteiger partial charge is 0.541 e. The van der Waals surface area contributed by atoms with Gasteiger partial charge in [-0.2, -0.15) is 0 Å². The van der Waals surface area contributed by atoms with Gasteiger partial charge < -0.3 is 86.5 Å². The number of benzene rings is 5. The molecule has 30 heteroatoms. The number of ketones is 1. The number of aliphatic carboxylic acids is 1. The van der Waals surface area contributed by atoms with E-state index in [-0.39, 0.29) is 185 Å². The van der Waals surface area contributed by atoms with Crippen LogP contribution in [0.2, 0.25) is 0 Å². The molecule has 2 amide bonds. The van der Waals surface area contributed by atoms with Gasteiger partial charge in [-0.05, 0) is 83.9 Å². The molecule has 3 radical (unpaired) electrons. The van der Waals surface area contributed by atoms with E-state index >= 15 is 0 Å². The van der Waals surface area contributed by atoms with Crippen LogP contribution in [0.25, 0.3) is 0 Å². The van der Waals surface area contributed by atoms with Crippen molar-refractivity contribution in [3.05, 3.63) is 177 Å². The third-order valence-electron chi connectivity index (χ3n) is 13.0. The number of carbonyl (C=O) groups excluding carboxylic acids is 6. The molecule has 6 atom stereocenters. The summed E-state index contributed by atoms with van der Waals surface area (Å²) in [6.07, 6.45) is 17.9. The molecule has 0 saturated heterocycles. The van der Waals surface area contributed by atoms with Crippen molar-refractivity contribution in [3.8, 4) is 0 Å². The minimum Gasteiger partial charge on any atom is -0.541 e. The van der Waals surface area contributed by atoms with E-state index in [0.717, 1.165) is 50.1 Å². The number of rotatable bonds is 31. The molecule has 0 aliphatic rings. The predicted molar refractivity (Wildman–Crippen MR) is 371 cm³/mol. The SMILES string of the molecule is C.CC(=O)CO/N=C/c1ccc(C=N)cc1.CC([C-]=O)C(C)N(C)C(=O)CO/N=C/c1ccc(C(=N)N)cc1.CC([C-]=O)C(C)N(C)C(=O)CO/N=C/c1ccc(C=N)cc1.CNC(C)C(C)[C-]=O.N=Cc1ccc(/C=N/O)cc1.N=Cc1ccc(/C=N/OCC(=O)O)cc1.[Y].[Y].[Y]. The molecular weight excluding hydrogens is 1490 g/mol. The van der Waals surface area contributed by atoms with Crippen LogP contribution < -0.4 is 11.1 Å². The number of carbonyl (C=O) groups is 4. The fourth-order valence-electron chi connectivity index (χ4n) is 6.20. The number of amidine groups is 1. The van der Waals surface area contributed by atoms with Gasteiger partial charge in [0, 0.05) is 155 Å². The first kappa shape index (κ1) is 98.6. The van der Waals surface area contributed by atoms with Crippen LogP contribution in [-0.2, 0) is 151 Å². The van der Waals surface area contributed by atoms with E-state index < -0.39 is 12.6 Å². The Hall–Kier alpha value is -8.04. The standard InChI is InChI=1S/C16H21N4O3.C16H20N3O3.C11H12N2O2.C10H10N2O3.C8H8N2O.C6H12NO.CH4.3Y/c1-11(9-21)12(2)20(3)15(22)10-23-19-8-13-4-6-14(7-5-13)16(17)18;1-12(10-20)13(2)19(3)16(21)11-22-18-9-15-6-4-14(8-17)5-7-15;1-9(14)8-15-13-7-11-4-2-10(6-12)3-5-11;11-5-8-1-3-9(4-2-8)6-12-15-7-10(13)14;9-5-7-1-3-8(4-2-7)6-10-11;1-5(4-8)6(2)7-3;;;;/h4-8,11-12H,10H2,1-3H3,(H3,17,18);4-9,12-13,17H,11H2,1-3H3;2-7,12H,8H2,1H3;1-6,11H,7H2,(H,13,14);1-6,9,11H;5-7H,1-3H3;1H4;;;/q2*-1;;;;-1;;;;/b19-8+;17-8?,18-9+;12-6?,13-7+;11-5?,12-6+;9-5?,10-6+;;;;;. The topological polar surface area (TPSA) is 422 Å². The number of nitrogen functional groups attached to an aromatic ring is 1. The summed E-state index contributed by atoms with van der Waals surface area (Å²) in [5.41, 5.74) is 13.3. The van der Waals surface area contributed by atoms with Crippen LogP contribution in [0.3, 0.4) is 0 Å². The number of carboxylic acids is 1. The maximum absolute atomic E-state index is 11.9. The molecule has 5 aromatic carbocycles. The van der Waals surface area contributed by atoms with Gasteiger partial charge in [0.1, 0.15) is 5.84 Å². The first-order chi connectivity index (χ1) is 44.9. The van der Waals surface area contributed by atoms with Crippen LogP contribution in [0, 0.1) is 44.8 Å². The second-order valence-corrected chi connectivity index (χ2v) is 19.9. The van der Waals surface area contributed by atoms with Gasteiger partial charge in [0.15, 0.2) is 25.6 Å². The maximum atomic E-state index is 11.9. The predicted octanol–water partition coefficient (Wildman–Crippen LogP) is 7.75. The zero-order valence-electron chi connectivity index (χ0n) is 55.9. The average molecular weight is 1580 g/mol. The maximum Gasteiger partial charge on any atom is 0.344 e. The fourth-order valence-corrected chi connectivity index (χ4v) is 6.20. The van der Waals surface area contributed by atoms with Crippen LogP contribution in [0.5, 0.6) is 0 Å². The molecule has 519 valence electrons. The molecule has 0 spiro atoms. The van der Waals surface area contributed by atoms with Crippen molar-refractivity contribution in [1.82, 2.24) is 15.1 Å². The van der Waals surface area contributed by atoms with E-state index in [1.807, 2.05) is 51.9 Å². The first-order valence-corrected chi connectivity index (χ1v) is 28.6. The van der Waals surface area contributed by atoms with Crippen molar-refractivity contribution in [1.29, 1.82) is 27.0 Å². The zero-order valence-corrected chi connectivity index (χ0v) is 64.4. The Morgan fingerprint density at radius 2 is 0.745 bits per heavy atom. The van der Waals surface area contributed by atoms with Crippen molar-refractivity contribution >= 4 is 104 Å². The van der Waals surface area contributed by atoms with E-state index in [2.05, 4.69) is 35.9 Å². The molecule has 0 saturated carbocycles. The first-order valence-electron chi connectivity index (χ1n) is 28.6. The second kappa shape index (κ2) is 60.2. The Morgan fingerprint density at radius 3 is 0.969 bits per heavy atom. The second-order valence-electron chi connectivity index (χ2n) is 19.9. The molecule has 0 aliphatic heterocycles. The van der Waals surface area contributed by atoms with Crippen molar-refractivity contribution in [2.45, 2.75) is 74.0 Å². The number of nitrogens with zero attached hydrogens (tertiary/aromatic N) is 7. The van der Waals surface area contributed by atoms with Gasteiger partial charge >= 0.3 is 5.97 Å². The van der Waals surface area contributed by atoms with Gasteiger partial charge in [0.05, 0.1) is 31.1 Å². The quantitative estimate of drug-likeness (QED) is 0.00673. The number of Topliss-reactive ketones (excluding diaryl/α,β-unsaturated/α-hetero) is 1. The Balaban J connectivity index is -0.000000360. The van der Waals surface area contributed by atoms with Crippen LogP contribution >= 0.6 is 0 Å². The van der Waals surface area contributed by atoms with E-state index in [4.69, 9.17) is 57.6 Å². The van der Waals surface area contributed by atoms with Gasteiger partial charge in [-0.3, -0.25) is 38.7 Å². The van der Waals surface area contributed by atoms with E-state index in [9.17, 15) is 33.6 Å². The van der Waals surface area contributed by atoms with Crippen LogP contribution in [0.15, 0.2) is 147 Å². The van der Waals surface area contributed by atoms with Crippen LogP contribution in [-0.4, -0.2) is 190 Å². The van der Waals surface area contributed by atoms with E-state index in [1.54, 1.807) is 151 Å². The summed E-state index contributed by atoms with van der Waals surface area (Å²) in [6, 6.07) is 35.2. The Bertz CT molecular complexity index is 3210. The molecule has 6 unspecified atom stereocenters. The number of nitrogens with one attached hydrogen (secondary N) is 6. The smallest absolute Gasteiger partial charge is 0.344 e. The summed E-state index contributed by atoms with van der Waals surface area (Å²) >= 11 is 0. The molecule has 10 N–H and O–H groups in total. The van der Waals surface area contributed by atoms with Gasteiger partial charge in [-0.25, -0.2) is 4.79 Å². The average Bonchev–Trinajstić information content (AvgIpc) is 1.02. The molecular formula is C68H87N14O13Y3-3. The van der Waals surface area contributed by atoms with Crippen molar-refractivity contribution in [2.24, 2.45) is 49.3 Å². The number of likely N-dealkylation sites (N-methyl/N-ethyl adjacent to an activating group) is 2. The van der Waals surface area contributed by atoms with Crippen molar-refractivity contribution in [3.63, 3.8) is 0 Å². The number of amides is 2. The molecule has 0 fully saturated rings. The van der Waals surface area contributed by atoms with Crippen molar-refractivity contribution in [2.75, 3.05) is 47.6 Å². The Kier molecular flexibility index (Phi) is 60.6. The molecule has 27 nitrogen and oxygen atoms in total. The van der Waals surface area contributed by atoms with E-state index in [0.29, 0.717) is 5.56 Å². The van der Waals surface area contributed by atoms with Crippen LogP contribution in [0.4, 0.5) is 0 Å². The molecule has 5 aromatic rings. The van der Waals surface area contributed by atoms with Gasteiger partial charge in [-0.15, -0.1) is 17.8 Å². The summed E-state index contributed by atoms with van der Waals surface area (Å²) in [7, 11) is 5.05. The number of hydrogen-bond acceptors (Lipinski definition) is 23. The zero-order chi connectivity index (χ0) is 70.8. The summed E-state index contributed by atoms with van der Waals surface area (Å²) in [4.78, 5) is 97.6. The van der Waals surface area contributed by atoms with E-state index in [1.165, 1.54) is 72.7 Å². The number of carboxylic acid groups (broad SMARTS) is 1. The molecule has 5 rings (SSSR count). The molecule has 0 heterocycles. The normalized spacial score (nSPS) is 11.8. The summed E-state index contributed by atoms with van der Waals surface area (Å²) in [5.74, 6) is -2.39. The van der Waals surface area contributed by atoms with Gasteiger partial charge in [0.25, 0.3) is 11.8 Å². The van der Waals surface area contributed by atoms with Crippen molar-refractivity contribution < 1.29 is 161 Å². The van der Waals surface area contributed by atoms with Gasteiger partial charge in [-0.1, -0.05) is 182 Å². The third kappa shape index (κ3) is 45.5. The Labute approximate surface area is 649 Å². The molecule has 0 bridgehead atoms. The molecule has 0 aliphatic carbocycles. The molecule has 0 aromatic heterocycles. The summed E-state index contributed by atoms with van der Waals surface area (Å²) in [6.45, 7) is 11.3. The minimum absolute atomic E-state index is 0. The van der Waals surface area contributed by atoms with Gasteiger partial charge in [0.2, 0.25) is 6.61 Å². The summed E-state index contributed by atoms with van der Waals surface area (Å²) in [5, 5.41) is 72.1. The number of oxime groups is 5. The summed E-state index contributed by atoms with van der Waals surface area (Å²) < 4.78 is 0. The monoisotopic (exact) mass is 1570 g/mol. The fraction of sp³-hybridized carbons (Fsp3) is 0.309. The van der Waals surface area contributed by atoms with Crippen LogP contribution in [0.1, 0.15) is 112 Å². The third-order valence-corrected chi connectivity index (χ3v) is 13.0.